The number of phosphoric ester groups is 1. The van der Waals surface area contributed by atoms with Crippen molar-refractivity contribution in [1.82, 2.24) is 0 Å². The third-order valence-electron chi connectivity index (χ3n) is 10.0. The van der Waals surface area contributed by atoms with E-state index in [-0.39, 0.29) is 32.0 Å². The first-order valence-electron chi connectivity index (χ1n) is 24.0. The average Bonchev–Trinajstić information content (AvgIpc) is 3.20. The Kier molecular flexibility index (Phi) is 40.4. The first kappa shape index (κ1) is 57.7. The van der Waals surface area contributed by atoms with Gasteiger partial charge in [-0.1, -0.05) is 164 Å². The number of hydrogen-bond acceptors (Lipinski definition) is 7. The lowest BCUT2D eigenvalue weighted by molar-refractivity contribution is -0.870. The zero-order valence-electron chi connectivity index (χ0n) is 39.2. The van der Waals surface area contributed by atoms with Crippen molar-refractivity contribution in [2.45, 2.75) is 200 Å². The number of allylic oxidation sites excluding steroid dienone is 10. The molecule has 0 aliphatic rings. The zero-order chi connectivity index (χ0) is 44.3. The van der Waals surface area contributed by atoms with E-state index in [0.29, 0.717) is 17.4 Å². The van der Waals surface area contributed by atoms with Crippen LogP contribution < -0.4 is 0 Å². The molecule has 0 spiro atoms. The third kappa shape index (κ3) is 45.2. The highest BCUT2D eigenvalue weighted by molar-refractivity contribution is 7.47. The van der Waals surface area contributed by atoms with Crippen molar-refractivity contribution in [2.75, 3.05) is 47.5 Å². The van der Waals surface area contributed by atoms with Crippen LogP contribution in [0.1, 0.15) is 194 Å². The van der Waals surface area contributed by atoms with Crippen LogP contribution >= 0.6 is 7.82 Å². The van der Waals surface area contributed by atoms with E-state index in [1.165, 1.54) is 96.3 Å². The summed E-state index contributed by atoms with van der Waals surface area (Å²) in [6.07, 6.45) is 51.3. The fourth-order valence-corrected chi connectivity index (χ4v) is 6.98. The Morgan fingerprint density at radius 3 is 1.42 bits per heavy atom. The lowest BCUT2D eigenvalue weighted by Crippen LogP contribution is -2.37. The molecule has 0 saturated carbocycles. The molecule has 2 atom stereocenters. The van der Waals surface area contributed by atoms with Crippen LogP contribution in [0.3, 0.4) is 0 Å². The number of quaternary nitrogens is 1. The van der Waals surface area contributed by atoms with Crippen LogP contribution in [-0.4, -0.2) is 74.9 Å². The number of carbonyl (C=O) groups excluding carboxylic acids is 2. The molecule has 10 heteroatoms. The Morgan fingerprint density at radius 2 is 0.917 bits per heavy atom. The number of ether oxygens (including phenoxy) is 2. The van der Waals surface area contributed by atoms with Crippen molar-refractivity contribution >= 4 is 19.8 Å². The Bertz CT molecular complexity index is 1210. The van der Waals surface area contributed by atoms with Gasteiger partial charge >= 0.3 is 19.8 Å². The highest BCUT2D eigenvalue weighted by Crippen LogP contribution is 2.43. The van der Waals surface area contributed by atoms with Gasteiger partial charge in [0.05, 0.1) is 27.7 Å². The molecule has 0 aliphatic carbocycles. The molecule has 1 N–H and O–H groups in total. The zero-order valence-corrected chi connectivity index (χ0v) is 40.1. The predicted molar refractivity (Wildman–Crippen MR) is 252 cm³/mol. The first-order valence-corrected chi connectivity index (χ1v) is 25.5. The van der Waals surface area contributed by atoms with Gasteiger partial charge in [0, 0.05) is 12.8 Å². The number of phosphoric acid groups is 1. The highest BCUT2D eigenvalue weighted by Gasteiger charge is 2.27. The molecule has 9 nitrogen and oxygen atoms in total. The van der Waals surface area contributed by atoms with Crippen molar-refractivity contribution in [3.8, 4) is 0 Å². The van der Waals surface area contributed by atoms with Gasteiger partial charge in [-0.3, -0.25) is 18.6 Å². The summed E-state index contributed by atoms with van der Waals surface area (Å²) in [6, 6.07) is 0. The molecule has 1 unspecified atom stereocenters. The van der Waals surface area contributed by atoms with Gasteiger partial charge in [0.2, 0.25) is 0 Å². The molecular weight excluding hydrogens is 774 g/mol. The lowest BCUT2D eigenvalue weighted by atomic mass is 10.1. The van der Waals surface area contributed by atoms with Crippen LogP contribution in [0.15, 0.2) is 60.8 Å². The van der Waals surface area contributed by atoms with Gasteiger partial charge in [-0.2, -0.15) is 0 Å². The van der Waals surface area contributed by atoms with E-state index in [0.717, 1.165) is 64.2 Å². The molecule has 0 fully saturated rings. The number of likely N-dealkylation sites (N-methyl/N-ethyl adjacent to an activating group) is 1. The topological polar surface area (TPSA) is 108 Å². The molecule has 0 bridgehead atoms. The fourth-order valence-electron chi connectivity index (χ4n) is 6.24. The van der Waals surface area contributed by atoms with Gasteiger partial charge in [-0.05, 0) is 77.0 Å². The lowest BCUT2D eigenvalue weighted by Gasteiger charge is -2.24. The minimum atomic E-state index is -4.39. The third-order valence-corrected chi connectivity index (χ3v) is 11.0. The van der Waals surface area contributed by atoms with E-state index in [2.05, 4.69) is 74.6 Å². The number of carbonyl (C=O) groups is 2. The van der Waals surface area contributed by atoms with Crippen molar-refractivity contribution in [1.29, 1.82) is 0 Å². The van der Waals surface area contributed by atoms with E-state index in [9.17, 15) is 19.0 Å². The van der Waals surface area contributed by atoms with Crippen LogP contribution in [0.2, 0.25) is 0 Å². The molecule has 0 radical (unpaired) electrons. The normalized spacial score (nSPS) is 14.0. The summed E-state index contributed by atoms with van der Waals surface area (Å²) in [4.78, 5) is 35.4. The molecule has 0 rings (SSSR count). The second kappa shape index (κ2) is 42.0. The van der Waals surface area contributed by atoms with Crippen molar-refractivity contribution < 1.29 is 42.1 Å². The van der Waals surface area contributed by atoms with Gasteiger partial charge in [-0.15, -0.1) is 0 Å². The Hall–Kier alpha value is -2.29. The number of rotatable bonds is 43. The number of unbranched alkanes of at least 4 members (excludes halogenated alkanes) is 19. The van der Waals surface area contributed by atoms with Crippen LogP contribution in [0.5, 0.6) is 0 Å². The van der Waals surface area contributed by atoms with Crippen LogP contribution in [0.4, 0.5) is 0 Å². The van der Waals surface area contributed by atoms with Crippen molar-refractivity contribution in [3.63, 3.8) is 0 Å². The van der Waals surface area contributed by atoms with E-state index >= 15 is 0 Å². The first-order chi connectivity index (χ1) is 29.0. The van der Waals surface area contributed by atoms with Gasteiger partial charge in [0.1, 0.15) is 19.8 Å². The second-order valence-corrected chi connectivity index (χ2v) is 18.6. The molecule has 0 aromatic heterocycles. The summed E-state index contributed by atoms with van der Waals surface area (Å²) in [5.74, 6) is -0.865. The van der Waals surface area contributed by atoms with Crippen LogP contribution in [0, 0.1) is 0 Å². The van der Waals surface area contributed by atoms with E-state index in [1.54, 1.807) is 0 Å². The predicted octanol–water partition coefficient (Wildman–Crippen LogP) is 14.0. The monoisotopic (exact) mass is 865 g/mol. The molecule has 348 valence electrons. The Morgan fingerprint density at radius 1 is 0.517 bits per heavy atom. The maximum Gasteiger partial charge on any atom is 0.472 e. The minimum Gasteiger partial charge on any atom is -0.462 e. The summed E-state index contributed by atoms with van der Waals surface area (Å²) in [6.45, 7) is 4.33. The van der Waals surface area contributed by atoms with Gasteiger partial charge in [0.15, 0.2) is 6.10 Å². The van der Waals surface area contributed by atoms with Gasteiger partial charge in [-0.25, -0.2) is 4.57 Å². The molecule has 0 saturated heterocycles. The number of hydrogen-bond donors (Lipinski definition) is 1. The summed E-state index contributed by atoms with van der Waals surface area (Å²) in [5, 5.41) is 0. The molecule has 0 aromatic rings. The van der Waals surface area contributed by atoms with E-state index in [4.69, 9.17) is 18.5 Å². The Balaban J connectivity index is 4.39. The van der Waals surface area contributed by atoms with Crippen molar-refractivity contribution in [2.24, 2.45) is 0 Å². The fraction of sp³-hybridized carbons (Fsp3) is 0.760. The maximum absolute atomic E-state index is 12.7. The molecule has 0 aliphatic heterocycles. The van der Waals surface area contributed by atoms with E-state index < -0.39 is 26.5 Å². The smallest absolute Gasteiger partial charge is 0.462 e. The number of esters is 2. The van der Waals surface area contributed by atoms with Gasteiger partial charge < -0.3 is 18.9 Å². The standard InChI is InChI=1S/C50H90NO8P/c1-6-8-10-12-14-16-18-20-22-24-25-27-28-30-32-34-36-38-40-42-49(52)56-46-48(47-58-60(54,55)57-45-44-51(3,4)5)59-50(53)43-41-39-37-35-33-31-29-26-23-21-19-17-15-13-11-9-7-2/h14,16,20-23,29,31,35,37,48H,6-13,15,17-19,24-28,30,32-34,36,38-47H2,1-5H3/p+1/b16-14+,22-20+,23-21+,31-29+,37-35+/t48-/m1/s1. The molecule has 0 heterocycles. The van der Waals surface area contributed by atoms with Crippen molar-refractivity contribution in [3.05, 3.63) is 60.8 Å². The summed E-state index contributed by atoms with van der Waals surface area (Å²) in [7, 11) is 1.44. The average molecular weight is 865 g/mol. The molecular formula is C50H91NO8P+. The SMILES string of the molecule is CCCCC/C=C/C/C=C/CCCCCCCCCCCC(=O)OC[C@H](COP(=O)(O)OCC[N+](C)(C)C)OC(=O)CCC/C=C/C/C=C/C/C=C/CCCCCCCC. The summed E-state index contributed by atoms with van der Waals surface area (Å²) >= 11 is 0. The number of nitrogens with zero attached hydrogens (tertiary/aromatic N) is 1. The largest absolute Gasteiger partial charge is 0.472 e. The Labute approximate surface area is 368 Å². The quantitative estimate of drug-likeness (QED) is 0.0212. The summed E-state index contributed by atoms with van der Waals surface area (Å²) < 4.78 is 34.3. The molecule has 0 amide bonds. The van der Waals surface area contributed by atoms with Gasteiger partial charge in [0.25, 0.3) is 0 Å². The minimum absolute atomic E-state index is 0.0198. The molecule has 60 heavy (non-hydrogen) atoms. The van der Waals surface area contributed by atoms with E-state index in [1.807, 2.05) is 21.1 Å². The highest BCUT2D eigenvalue weighted by atomic mass is 31.2. The summed E-state index contributed by atoms with van der Waals surface area (Å²) in [5.41, 5.74) is 0. The molecule has 0 aromatic carbocycles. The van der Waals surface area contributed by atoms with Crippen LogP contribution in [-0.2, 0) is 32.7 Å². The second-order valence-electron chi connectivity index (χ2n) is 17.1. The maximum atomic E-state index is 12.7. The van der Waals surface area contributed by atoms with Crippen LogP contribution in [0.25, 0.3) is 0 Å².